The Morgan fingerprint density at radius 2 is 2.04 bits per heavy atom. The second-order valence-corrected chi connectivity index (χ2v) is 6.04. The van der Waals surface area contributed by atoms with Gasteiger partial charge in [-0.2, -0.15) is 0 Å². The van der Waals surface area contributed by atoms with Gasteiger partial charge in [-0.3, -0.25) is 4.79 Å². The van der Waals surface area contributed by atoms with E-state index in [4.69, 9.17) is 40.1 Å². The molecule has 0 aliphatic carbocycles. The minimum Gasteiger partial charge on any atom is -0.398 e. The van der Waals surface area contributed by atoms with Crippen LogP contribution in [0.2, 0.25) is 10.0 Å². The number of anilines is 2. The predicted octanol–water partition coefficient (Wildman–Crippen LogP) is 3.64. The number of carbonyl (C=O) groups excluding carboxylic acids is 1. The van der Waals surface area contributed by atoms with Crippen LogP contribution in [-0.4, -0.2) is 18.7 Å². The van der Waals surface area contributed by atoms with Crippen LogP contribution in [0, 0.1) is 5.41 Å². The number of rotatable bonds is 6. The van der Waals surface area contributed by atoms with E-state index in [0.29, 0.717) is 45.5 Å². The third-order valence-corrected chi connectivity index (χ3v) is 4.47. The van der Waals surface area contributed by atoms with Crippen molar-refractivity contribution in [2.45, 2.75) is 12.3 Å². The molecule has 2 aromatic carbocycles. The van der Waals surface area contributed by atoms with Crippen LogP contribution in [0.3, 0.4) is 0 Å². The van der Waals surface area contributed by atoms with Crippen LogP contribution in [0.4, 0.5) is 11.4 Å². The lowest BCUT2D eigenvalue weighted by molar-refractivity contribution is -0.117. The summed E-state index contributed by atoms with van der Waals surface area (Å²) in [7, 11) is 0. The monoisotopic (exact) mass is 364 g/mol. The van der Waals surface area contributed by atoms with E-state index >= 15 is 0 Å². The van der Waals surface area contributed by atoms with E-state index in [0.717, 1.165) is 6.21 Å². The SMILES string of the molecule is N=Cc1cc(NC(=O)C(CCN)c2cccc(Cl)c2Cl)ccc1N. The summed E-state index contributed by atoms with van der Waals surface area (Å²) in [6.07, 6.45) is 1.56. The lowest BCUT2D eigenvalue weighted by Gasteiger charge is -2.18. The number of nitrogen functional groups attached to an aromatic ring is 1. The zero-order chi connectivity index (χ0) is 17.7. The fourth-order valence-corrected chi connectivity index (χ4v) is 2.83. The Morgan fingerprint density at radius 3 is 2.71 bits per heavy atom. The Bertz CT molecular complexity index is 764. The molecule has 2 rings (SSSR count). The Morgan fingerprint density at radius 1 is 1.29 bits per heavy atom. The summed E-state index contributed by atoms with van der Waals surface area (Å²) in [5, 5.41) is 10.9. The molecule has 24 heavy (non-hydrogen) atoms. The van der Waals surface area contributed by atoms with Gasteiger partial charge in [0.1, 0.15) is 0 Å². The first-order chi connectivity index (χ1) is 11.5. The fourth-order valence-electron chi connectivity index (χ4n) is 2.39. The van der Waals surface area contributed by atoms with E-state index in [9.17, 15) is 4.79 Å². The third-order valence-electron chi connectivity index (χ3n) is 3.64. The largest absolute Gasteiger partial charge is 0.398 e. The molecule has 2 aromatic rings. The molecule has 0 saturated heterocycles. The quantitative estimate of drug-likeness (QED) is 0.464. The van der Waals surface area contributed by atoms with Crippen LogP contribution < -0.4 is 16.8 Å². The topological polar surface area (TPSA) is 105 Å². The van der Waals surface area contributed by atoms with Crippen molar-refractivity contribution in [3.05, 3.63) is 57.6 Å². The zero-order valence-electron chi connectivity index (χ0n) is 12.9. The van der Waals surface area contributed by atoms with E-state index in [1.165, 1.54) is 0 Å². The maximum Gasteiger partial charge on any atom is 0.232 e. The molecule has 0 spiro atoms. The van der Waals surface area contributed by atoms with Gasteiger partial charge in [-0.1, -0.05) is 35.3 Å². The molecular formula is C17H18Cl2N4O. The van der Waals surface area contributed by atoms with Gasteiger partial charge in [0, 0.05) is 23.2 Å². The third kappa shape index (κ3) is 4.06. The highest BCUT2D eigenvalue weighted by atomic mass is 35.5. The van der Waals surface area contributed by atoms with E-state index in [1.807, 2.05) is 0 Å². The maximum atomic E-state index is 12.7. The molecule has 0 aliphatic rings. The highest BCUT2D eigenvalue weighted by Crippen LogP contribution is 2.33. The van der Waals surface area contributed by atoms with Crippen molar-refractivity contribution in [3.8, 4) is 0 Å². The summed E-state index contributed by atoms with van der Waals surface area (Å²) in [6.45, 7) is 0.328. The Hall–Kier alpha value is -2.08. The van der Waals surface area contributed by atoms with Gasteiger partial charge in [-0.15, -0.1) is 0 Å². The Balaban J connectivity index is 2.30. The predicted molar refractivity (Wildman–Crippen MR) is 100 cm³/mol. The molecule has 7 heteroatoms. The number of benzene rings is 2. The Kier molecular flexibility index (Phi) is 6.20. The first-order valence-corrected chi connectivity index (χ1v) is 8.08. The van der Waals surface area contributed by atoms with E-state index in [1.54, 1.807) is 36.4 Å². The van der Waals surface area contributed by atoms with Gasteiger partial charge in [-0.05, 0) is 42.8 Å². The smallest absolute Gasteiger partial charge is 0.232 e. The summed E-state index contributed by atoms with van der Waals surface area (Å²) in [5.74, 6) is -0.771. The van der Waals surface area contributed by atoms with Crippen LogP contribution >= 0.6 is 23.2 Å². The van der Waals surface area contributed by atoms with Crippen LogP contribution in [0.5, 0.6) is 0 Å². The summed E-state index contributed by atoms with van der Waals surface area (Å²) < 4.78 is 0. The van der Waals surface area contributed by atoms with Crippen molar-refractivity contribution in [3.63, 3.8) is 0 Å². The molecule has 1 atom stereocenters. The first kappa shape index (κ1) is 18.3. The second-order valence-electron chi connectivity index (χ2n) is 5.25. The molecule has 126 valence electrons. The molecule has 0 fully saturated rings. The van der Waals surface area contributed by atoms with Crippen LogP contribution in [0.1, 0.15) is 23.5 Å². The summed E-state index contributed by atoms with van der Waals surface area (Å²) in [4.78, 5) is 12.7. The standard InChI is InChI=1S/C17H18Cl2N4O/c18-14-3-1-2-12(16(14)19)13(6-7-20)17(24)23-11-4-5-15(22)10(8-11)9-21/h1-5,8-9,13,21H,6-7,20,22H2,(H,23,24). The van der Waals surface area contributed by atoms with E-state index in [2.05, 4.69) is 5.32 Å². The van der Waals surface area contributed by atoms with Gasteiger partial charge in [-0.25, -0.2) is 0 Å². The normalized spacial score (nSPS) is 11.8. The molecule has 1 amide bonds. The lowest BCUT2D eigenvalue weighted by atomic mass is 9.94. The van der Waals surface area contributed by atoms with Gasteiger partial charge in [0.15, 0.2) is 0 Å². The highest BCUT2D eigenvalue weighted by molar-refractivity contribution is 6.42. The van der Waals surface area contributed by atoms with Crippen molar-refractivity contribution in [2.75, 3.05) is 17.6 Å². The van der Waals surface area contributed by atoms with Crippen molar-refractivity contribution < 1.29 is 4.79 Å². The van der Waals surface area contributed by atoms with Gasteiger partial charge in [0.2, 0.25) is 5.91 Å². The molecule has 0 aliphatic heterocycles. The van der Waals surface area contributed by atoms with Crippen LogP contribution in [-0.2, 0) is 4.79 Å². The lowest BCUT2D eigenvalue weighted by Crippen LogP contribution is -2.24. The summed E-state index contributed by atoms with van der Waals surface area (Å²) in [5.41, 5.74) is 13.6. The molecule has 0 saturated carbocycles. The minimum atomic E-state index is -0.526. The van der Waals surface area contributed by atoms with Gasteiger partial charge < -0.3 is 22.2 Å². The number of carbonyl (C=O) groups is 1. The average molecular weight is 365 g/mol. The van der Waals surface area contributed by atoms with Crippen molar-refractivity contribution >= 4 is 46.7 Å². The molecule has 6 N–H and O–H groups in total. The number of nitrogens with two attached hydrogens (primary N) is 2. The first-order valence-electron chi connectivity index (χ1n) is 7.32. The number of hydrogen-bond acceptors (Lipinski definition) is 4. The number of nitrogens with one attached hydrogen (secondary N) is 2. The van der Waals surface area contributed by atoms with E-state index < -0.39 is 5.92 Å². The molecule has 0 radical (unpaired) electrons. The molecule has 5 nitrogen and oxygen atoms in total. The number of hydrogen-bond donors (Lipinski definition) is 4. The van der Waals surface area contributed by atoms with Crippen LogP contribution in [0.15, 0.2) is 36.4 Å². The Labute approximate surface area is 150 Å². The molecule has 0 heterocycles. The summed E-state index contributed by atoms with van der Waals surface area (Å²) in [6, 6.07) is 10.1. The van der Waals surface area contributed by atoms with Gasteiger partial charge in [0.25, 0.3) is 0 Å². The van der Waals surface area contributed by atoms with Crippen molar-refractivity contribution in [1.82, 2.24) is 0 Å². The number of halogens is 2. The molecule has 0 bridgehead atoms. The maximum absolute atomic E-state index is 12.7. The van der Waals surface area contributed by atoms with Crippen molar-refractivity contribution in [2.24, 2.45) is 5.73 Å². The van der Waals surface area contributed by atoms with Crippen LogP contribution in [0.25, 0.3) is 0 Å². The average Bonchev–Trinajstić information content (AvgIpc) is 2.57. The molecular weight excluding hydrogens is 347 g/mol. The molecule has 0 aromatic heterocycles. The van der Waals surface area contributed by atoms with Gasteiger partial charge >= 0.3 is 0 Å². The fraction of sp³-hybridized carbons (Fsp3) is 0.176. The van der Waals surface area contributed by atoms with Gasteiger partial charge in [0.05, 0.1) is 16.0 Å². The highest BCUT2D eigenvalue weighted by Gasteiger charge is 2.23. The summed E-state index contributed by atoms with van der Waals surface area (Å²) >= 11 is 12.3. The van der Waals surface area contributed by atoms with E-state index in [-0.39, 0.29) is 5.91 Å². The minimum absolute atomic E-state index is 0.245. The number of amides is 1. The van der Waals surface area contributed by atoms with Crippen molar-refractivity contribution in [1.29, 1.82) is 5.41 Å². The zero-order valence-corrected chi connectivity index (χ0v) is 14.4. The second kappa shape index (κ2) is 8.15. The molecule has 1 unspecified atom stereocenters.